The van der Waals surface area contributed by atoms with Crippen molar-refractivity contribution in [2.45, 2.75) is 6.92 Å². The maximum absolute atomic E-state index is 3.71. The van der Waals surface area contributed by atoms with Crippen LogP contribution in [0.15, 0.2) is 152 Å². The predicted octanol–water partition coefficient (Wildman–Crippen LogP) is 8.32. The zero-order chi connectivity index (χ0) is 27.1. The third kappa shape index (κ3) is 3.72. The summed E-state index contributed by atoms with van der Waals surface area (Å²) >= 11 is 0. The Morgan fingerprint density at radius 2 is 1.10 bits per heavy atom. The van der Waals surface area contributed by atoms with Crippen LogP contribution in [0.1, 0.15) is 22.3 Å². The summed E-state index contributed by atoms with van der Waals surface area (Å²) in [4.78, 5) is 0. The summed E-state index contributed by atoms with van der Waals surface area (Å²) in [5.74, 6) is 1.16. The zero-order valence-corrected chi connectivity index (χ0v) is 22.9. The van der Waals surface area contributed by atoms with Crippen molar-refractivity contribution in [3.8, 4) is 5.75 Å². The molecule has 0 bridgehead atoms. The monoisotopic (exact) mass is 514 g/mol. The molecular weight excluding hydrogens is 483 g/mol. The predicted molar refractivity (Wildman–Crippen MR) is 172 cm³/mol. The number of hydrogen-bond donors (Lipinski definition) is 0. The molecule has 6 aromatic carbocycles. The second-order valence-electron chi connectivity index (χ2n) is 10.9. The third-order valence-corrected chi connectivity index (χ3v) is 8.65. The van der Waals surface area contributed by atoms with Crippen molar-refractivity contribution in [1.29, 1.82) is 0 Å². The van der Waals surface area contributed by atoms with Crippen LogP contribution in [0.2, 0.25) is 0 Å². The van der Waals surface area contributed by atoms with E-state index in [4.69, 9.17) is 0 Å². The topological polar surface area (TPSA) is 2.70 Å². The molecule has 2 heteroatoms. The van der Waals surface area contributed by atoms with Crippen molar-refractivity contribution in [3.05, 3.63) is 174 Å². The molecule has 1 atom stereocenters. The van der Waals surface area contributed by atoms with Crippen molar-refractivity contribution in [3.63, 3.8) is 0 Å². The normalized spacial score (nSPS) is 16.7. The molecule has 0 amide bonds. The van der Waals surface area contributed by atoms with Gasteiger partial charge in [-0.1, -0.05) is 144 Å². The van der Waals surface area contributed by atoms with Crippen molar-refractivity contribution in [2.75, 3.05) is 7.11 Å². The van der Waals surface area contributed by atoms with Crippen molar-refractivity contribution in [2.24, 2.45) is 0 Å². The number of para-hydroxylation sites is 1. The van der Waals surface area contributed by atoms with E-state index in [0.717, 1.165) is 5.75 Å². The summed E-state index contributed by atoms with van der Waals surface area (Å²) in [6.07, 6.45) is -1.66. The molecule has 0 aromatic heterocycles. The van der Waals surface area contributed by atoms with E-state index in [1.165, 1.54) is 55.0 Å². The highest BCUT2D eigenvalue weighted by atomic mass is 16.6. The van der Waals surface area contributed by atoms with Gasteiger partial charge in [0, 0.05) is 6.07 Å². The Hall–Kier alpha value is -4.82. The largest absolute Gasteiger partial charge is 0.810 e. The van der Waals surface area contributed by atoms with E-state index < -0.39 is 6.35 Å². The molecule has 0 saturated heterocycles. The minimum atomic E-state index is -1.66. The fourth-order valence-electron chi connectivity index (χ4n) is 6.82. The molecule has 1 aliphatic heterocycles. The smallest absolute Gasteiger partial charge is 0.415 e. The Balaban J connectivity index is 1.71. The third-order valence-electron chi connectivity index (χ3n) is 8.65. The number of benzene rings is 6. The Morgan fingerprint density at radius 1 is 0.500 bits per heavy atom. The molecule has 0 spiro atoms. The lowest BCUT2D eigenvalue weighted by molar-refractivity contribution is 0.173. The summed E-state index contributed by atoms with van der Waals surface area (Å²) in [7, 11) is 2.20. The van der Waals surface area contributed by atoms with Crippen LogP contribution < -0.4 is 10.9 Å². The van der Waals surface area contributed by atoms with Crippen LogP contribution >= 0.6 is 0 Å². The molecule has 0 radical (unpaired) electrons. The summed E-state index contributed by atoms with van der Waals surface area (Å²) in [6.45, 7) is 2.16. The summed E-state index contributed by atoms with van der Waals surface area (Å²) in [6, 6.07) is 55.5. The second-order valence-corrected chi connectivity index (χ2v) is 10.9. The molecule has 40 heavy (non-hydrogen) atoms. The fourth-order valence-corrected chi connectivity index (χ4v) is 6.82. The number of rotatable bonds is 4. The van der Waals surface area contributed by atoms with Gasteiger partial charge < -0.3 is 4.28 Å². The van der Waals surface area contributed by atoms with Gasteiger partial charge in [0.15, 0.2) is 0 Å². The highest BCUT2D eigenvalue weighted by molar-refractivity contribution is 7.12. The molecule has 192 valence electrons. The second kappa shape index (κ2) is 9.74. The SMILES string of the molecule is Cc1ccc([B-]2(c3ccccc3)C(c3ccc4ccccc4c3)=C(c3ccccc3)c3ccccc3[O+]2C)cc1. The van der Waals surface area contributed by atoms with E-state index in [2.05, 4.69) is 170 Å². The first-order valence-corrected chi connectivity index (χ1v) is 14.0. The molecule has 1 nitrogen and oxygen atoms in total. The van der Waals surface area contributed by atoms with Crippen LogP contribution in [0.25, 0.3) is 21.8 Å². The Kier molecular flexibility index (Phi) is 5.90. The quantitative estimate of drug-likeness (QED) is 0.164. The van der Waals surface area contributed by atoms with Crippen molar-refractivity contribution >= 4 is 39.1 Å². The van der Waals surface area contributed by atoms with Gasteiger partial charge in [-0.05, 0) is 46.5 Å². The molecule has 0 aliphatic carbocycles. The van der Waals surface area contributed by atoms with Gasteiger partial charge in [0.25, 0.3) is 0 Å². The molecule has 1 unspecified atom stereocenters. The maximum atomic E-state index is 3.71. The Morgan fingerprint density at radius 3 is 1.85 bits per heavy atom. The first-order chi connectivity index (χ1) is 19.7. The van der Waals surface area contributed by atoms with E-state index in [9.17, 15) is 0 Å². The Labute approximate surface area is 236 Å². The molecule has 7 rings (SSSR count). The van der Waals surface area contributed by atoms with Gasteiger partial charge in [0.1, 0.15) is 7.11 Å². The van der Waals surface area contributed by atoms with Gasteiger partial charge in [0.05, 0.1) is 5.56 Å². The van der Waals surface area contributed by atoms with E-state index >= 15 is 0 Å². The van der Waals surface area contributed by atoms with Gasteiger partial charge in [0.2, 0.25) is 5.75 Å². The van der Waals surface area contributed by atoms with Crippen LogP contribution in [-0.2, 0) is 4.28 Å². The van der Waals surface area contributed by atoms with Crippen LogP contribution in [0.4, 0.5) is 0 Å². The number of aryl methyl sites for hydroxylation is 1. The Bertz CT molecular complexity index is 1860. The molecule has 0 N–H and O–H groups in total. The van der Waals surface area contributed by atoms with Gasteiger partial charge in [-0.2, -0.15) is 0 Å². The molecule has 1 aliphatic rings. The maximum Gasteiger partial charge on any atom is 0.415 e. The summed E-state index contributed by atoms with van der Waals surface area (Å²) < 4.78 is 3.71. The molecule has 6 aromatic rings. The average Bonchev–Trinajstić information content (AvgIpc) is 3.02. The van der Waals surface area contributed by atoms with E-state index in [1.807, 2.05) is 0 Å². The number of hydrogen-bond acceptors (Lipinski definition) is 0. The zero-order valence-electron chi connectivity index (χ0n) is 22.9. The summed E-state index contributed by atoms with van der Waals surface area (Å²) in [5.41, 5.74) is 10.1. The van der Waals surface area contributed by atoms with Gasteiger partial charge in [-0.15, -0.1) is 10.9 Å². The first-order valence-electron chi connectivity index (χ1n) is 14.0. The van der Waals surface area contributed by atoms with E-state index in [0.29, 0.717) is 0 Å². The molecule has 1 heterocycles. The fraction of sp³-hybridized carbons (Fsp3) is 0.0526. The van der Waals surface area contributed by atoms with Crippen molar-refractivity contribution < 1.29 is 4.28 Å². The lowest BCUT2D eigenvalue weighted by atomic mass is 9.25. The minimum absolute atomic E-state index is 1.16. The van der Waals surface area contributed by atoms with E-state index in [1.54, 1.807) is 0 Å². The summed E-state index contributed by atoms with van der Waals surface area (Å²) in [5, 5.41) is 2.49. The van der Waals surface area contributed by atoms with Crippen LogP contribution in [-0.4, -0.2) is 13.5 Å². The van der Waals surface area contributed by atoms with Crippen LogP contribution in [0.3, 0.4) is 0 Å². The lowest BCUT2D eigenvalue weighted by Gasteiger charge is -2.55. The molecular formula is C38H31BO. The standard InChI is InChI=1S/C38H31BO/c1-28-21-25-34(26-22-28)39(33-17-7-4-8-18-33)38(32-24-23-29-13-9-10-16-31(29)27-32)37(30-14-5-3-6-15-30)35-19-11-12-20-36(35)40(39)2/h3-27H,1-2H3. The van der Waals surface area contributed by atoms with Crippen molar-refractivity contribution in [1.82, 2.24) is 0 Å². The average molecular weight is 514 g/mol. The minimum Gasteiger partial charge on any atom is -0.810 e. The first kappa shape index (κ1) is 24.2. The molecule has 0 saturated carbocycles. The highest BCUT2D eigenvalue weighted by Crippen LogP contribution is 2.51. The highest BCUT2D eigenvalue weighted by Gasteiger charge is 2.51. The van der Waals surface area contributed by atoms with Gasteiger partial charge >= 0.3 is 6.35 Å². The van der Waals surface area contributed by atoms with Crippen LogP contribution in [0.5, 0.6) is 5.75 Å². The number of fused-ring (bicyclic) bond motifs is 2. The van der Waals surface area contributed by atoms with Gasteiger partial charge in [-0.25, -0.2) is 0 Å². The van der Waals surface area contributed by atoms with E-state index in [-0.39, 0.29) is 0 Å². The van der Waals surface area contributed by atoms with Crippen LogP contribution in [0, 0.1) is 6.92 Å². The molecule has 0 fully saturated rings. The van der Waals surface area contributed by atoms with Gasteiger partial charge in [-0.3, -0.25) is 0 Å². The lowest BCUT2D eigenvalue weighted by Crippen LogP contribution is -2.66.